The largest absolute Gasteiger partial charge is 0.497 e. The summed E-state index contributed by atoms with van der Waals surface area (Å²) in [5.41, 5.74) is 2.42. The number of aryl methyl sites for hydroxylation is 1. The lowest BCUT2D eigenvalue weighted by Crippen LogP contribution is -2.22. The molecule has 1 unspecified atom stereocenters. The van der Waals surface area contributed by atoms with E-state index < -0.39 is 0 Å². The number of ether oxygens (including phenoxy) is 2. The number of hydrogen-bond acceptors (Lipinski definition) is 4. The monoisotopic (exact) mass is 369 g/mol. The first-order chi connectivity index (χ1) is 10.1. The summed E-state index contributed by atoms with van der Waals surface area (Å²) in [5, 5.41) is 3.55. The van der Waals surface area contributed by atoms with Crippen LogP contribution in [-0.4, -0.2) is 20.8 Å². The van der Waals surface area contributed by atoms with Crippen molar-refractivity contribution >= 4 is 27.3 Å². The summed E-state index contributed by atoms with van der Waals surface area (Å²) in [7, 11) is 3.35. The predicted molar refractivity (Wildman–Crippen MR) is 91.8 cm³/mol. The van der Waals surface area contributed by atoms with E-state index in [1.807, 2.05) is 6.07 Å². The molecule has 0 saturated carbocycles. The molecule has 1 aromatic carbocycles. The first kappa shape index (κ1) is 16.3. The fourth-order valence-corrected chi connectivity index (χ4v) is 4.10. The van der Waals surface area contributed by atoms with Crippen molar-refractivity contribution in [3.8, 4) is 11.5 Å². The molecule has 1 aromatic heterocycles. The van der Waals surface area contributed by atoms with E-state index >= 15 is 0 Å². The lowest BCUT2D eigenvalue weighted by Gasteiger charge is -2.20. The van der Waals surface area contributed by atoms with Crippen molar-refractivity contribution in [2.75, 3.05) is 20.8 Å². The van der Waals surface area contributed by atoms with Crippen LogP contribution >= 0.6 is 27.3 Å². The van der Waals surface area contributed by atoms with Gasteiger partial charge in [0, 0.05) is 10.9 Å². The average Bonchev–Trinajstić information content (AvgIpc) is 2.82. The molecular weight excluding hydrogens is 350 g/mol. The second kappa shape index (κ2) is 7.29. The summed E-state index contributed by atoms with van der Waals surface area (Å²) in [6.07, 6.45) is 0. The number of rotatable bonds is 6. The third-order valence-corrected chi connectivity index (χ3v) is 4.92. The third-order valence-electron chi connectivity index (χ3n) is 3.35. The molecular formula is C16H20BrNO2S. The molecule has 21 heavy (non-hydrogen) atoms. The Bertz CT molecular complexity index is 590. The molecule has 2 rings (SSSR count). The van der Waals surface area contributed by atoms with Gasteiger partial charge in [-0.2, -0.15) is 0 Å². The number of hydrogen-bond donors (Lipinski definition) is 1. The highest BCUT2D eigenvalue weighted by atomic mass is 79.9. The van der Waals surface area contributed by atoms with Gasteiger partial charge in [-0.05, 0) is 58.7 Å². The topological polar surface area (TPSA) is 30.5 Å². The second-order valence-electron chi connectivity index (χ2n) is 4.70. The van der Waals surface area contributed by atoms with Crippen molar-refractivity contribution in [3.05, 3.63) is 44.1 Å². The van der Waals surface area contributed by atoms with Crippen molar-refractivity contribution in [3.63, 3.8) is 0 Å². The molecule has 1 N–H and O–H groups in total. The first-order valence-electron chi connectivity index (χ1n) is 6.81. The fourth-order valence-electron chi connectivity index (χ4n) is 2.35. The molecule has 0 aliphatic heterocycles. The molecule has 1 atom stereocenters. The van der Waals surface area contributed by atoms with Crippen LogP contribution in [0.15, 0.2) is 28.1 Å². The van der Waals surface area contributed by atoms with Gasteiger partial charge >= 0.3 is 0 Å². The molecule has 0 aliphatic rings. The van der Waals surface area contributed by atoms with Crippen molar-refractivity contribution in [1.82, 2.24) is 5.32 Å². The van der Waals surface area contributed by atoms with Crippen LogP contribution in [0.3, 0.4) is 0 Å². The van der Waals surface area contributed by atoms with Gasteiger partial charge < -0.3 is 14.8 Å². The molecule has 0 saturated heterocycles. The number of thiophene rings is 1. The van der Waals surface area contributed by atoms with Crippen molar-refractivity contribution < 1.29 is 9.47 Å². The predicted octanol–water partition coefficient (Wildman–Crippen LogP) is 4.54. The van der Waals surface area contributed by atoms with Crippen LogP contribution in [0.2, 0.25) is 0 Å². The van der Waals surface area contributed by atoms with Crippen LogP contribution < -0.4 is 14.8 Å². The smallest absolute Gasteiger partial charge is 0.122 e. The molecule has 0 fully saturated rings. The highest BCUT2D eigenvalue weighted by Crippen LogP contribution is 2.36. The third kappa shape index (κ3) is 3.78. The Morgan fingerprint density at radius 1 is 1.14 bits per heavy atom. The van der Waals surface area contributed by atoms with Gasteiger partial charge in [0.1, 0.15) is 11.5 Å². The fraction of sp³-hybridized carbons (Fsp3) is 0.375. The molecule has 0 radical (unpaired) electrons. The van der Waals surface area contributed by atoms with Crippen LogP contribution in [0, 0.1) is 6.92 Å². The Labute approximate surface area is 138 Å². The molecule has 0 amide bonds. The Morgan fingerprint density at radius 3 is 2.19 bits per heavy atom. The molecule has 5 heteroatoms. The van der Waals surface area contributed by atoms with Gasteiger partial charge in [-0.3, -0.25) is 0 Å². The van der Waals surface area contributed by atoms with Gasteiger partial charge in [0.05, 0.1) is 24.0 Å². The molecule has 0 spiro atoms. The molecule has 1 heterocycles. The summed E-state index contributed by atoms with van der Waals surface area (Å²) in [4.78, 5) is 1.30. The summed E-state index contributed by atoms with van der Waals surface area (Å²) in [6, 6.07) is 8.31. The zero-order valence-electron chi connectivity index (χ0n) is 12.7. The molecule has 0 aliphatic carbocycles. The van der Waals surface area contributed by atoms with E-state index in [9.17, 15) is 0 Å². The van der Waals surface area contributed by atoms with Crippen molar-refractivity contribution in [2.24, 2.45) is 0 Å². The van der Waals surface area contributed by atoms with Gasteiger partial charge in [0.2, 0.25) is 0 Å². The van der Waals surface area contributed by atoms with Crippen molar-refractivity contribution in [2.45, 2.75) is 19.9 Å². The van der Waals surface area contributed by atoms with E-state index in [0.717, 1.165) is 27.4 Å². The van der Waals surface area contributed by atoms with E-state index in [0.29, 0.717) is 0 Å². The Balaban J connectivity index is 2.49. The van der Waals surface area contributed by atoms with E-state index in [2.05, 4.69) is 53.3 Å². The van der Waals surface area contributed by atoms with Crippen LogP contribution in [-0.2, 0) is 0 Å². The van der Waals surface area contributed by atoms with E-state index in [-0.39, 0.29) is 6.04 Å². The van der Waals surface area contributed by atoms with Gasteiger partial charge in [0.15, 0.2) is 0 Å². The van der Waals surface area contributed by atoms with E-state index in [1.54, 1.807) is 25.6 Å². The number of benzene rings is 1. The second-order valence-corrected chi connectivity index (χ2v) is 7.33. The zero-order chi connectivity index (χ0) is 15.4. The minimum atomic E-state index is 0.126. The normalized spacial score (nSPS) is 12.2. The Morgan fingerprint density at radius 2 is 1.76 bits per heavy atom. The summed E-state index contributed by atoms with van der Waals surface area (Å²) >= 11 is 5.32. The molecule has 2 aromatic rings. The molecule has 0 bridgehead atoms. The highest BCUT2D eigenvalue weighted by molar-refractivity contribution is 9.11. The SMILES string of the molecule is CCNC(c1cc(OC)cc(OC)c1)c1cc(Br)sc1C. The number of halogens is 1. The average molecular weight is 370 g/mol. The maximum atomic E-state index is 5.38. The van der Waals surface area contributed by atoms with Crippen LogP contribution in [0.5, 0.6) is 11.5 Å². The van der Waals surface area contributed by atoms with Gasteiger partial charge in [-0.15, -0.1) is 11.3 Å². The summed E-state index contributed by atoms with van der Waals surface area (Å²) < 4.78 is 11.9. The van der Waals surface area contributed by atoms with Crippen LogP contribution in [0.4, 0.5) is 0 Å². The summed E-state index contributed by atoms with van der Waals surface area (Å²) in [5.74, 6) is 1.61. The van der Waals surface area contributed by atoms with E-state index in [4.69, 9.17) is 9.47 Å². The zero-order valence-corrected chi connectivity index (χ0v) is 15.1. The lowest BCUT2D eigenvalue weighted by molar-refractivity contribution is 0.392. The summed E-state index contributed by atoms with van der Waals surface area (Å²) in [6.45, 7) is 5.14. The Kier molecular flexibility index (Phi) is 5.67. The maximum absolute atomic E-state index is 5.38. The number of methoxy groups -OCH3 is 2. The number of nitrogens with one attached hydrogen (secondary N) is 1. The van der Waals surface area contributed by atoms with Crippen molar-refractivity contribution in [1.29, 1.82) is 0 Å². The van der Waals surface area contributed by atoms with Gasteiger partial charge in [-0.1, -0.05) is 6.92 Å². The first-order valence-corrected chi connectivity index (χ1v) is 8.42. The van der Waals surface area contributed by atoms with Gasteiger partial charge in [-0.25, -0.2) is 0 Å². The Hall–Kier alpha value is -1.04. The van der Waals surface area contributed by atoms with E-state index in [1.165, 1.54) is 10.4 Å². The van der Waals surface area contributed by atoms with Gasteiger partial charge in [0.25, 0.3) is 0 Å². The molecule has 114 valence electrons. The highest BCUT2D eigenvalue weighted by Gasteiger charge is 2.19. The lowest BCUT2D eigenvalue weighted by atomic mass is 9.99. The van der Waals surface area contributed by atoms with Crippen LogP contribution in [0.1, 0.15) is 29.0 Å². The maximum Gasteiger partial charge on any atom is 0.122 e. The minimum absolute atomic E-state index is 0.126. The quantitative estimate of drug-likeness (QED) is 0.810. The minimum Gasteiger partial charge on any atom is -0.497 e. The van der Waals surface area contributed by atoms with Crippen LogP contribution in [0.25, 0.3) is 0 Å². The standard InChI is InChI=1S/C16H20BrNO2S/c1-5-18-16(14-9-15(17)21-10(14)2)11-6-12(19-3)8-13(7-11)20-4/h6-9,16,18H,5H2,1-4H3. The molecule has 3 nitrogen and oxygen atoms in total.